The van der Waals surface area contributed by atoms with Gasteiger partial charge in [0.15, 0.2) is 0 Å². The van der Waals surface area contributed by atoms with Crippen LogP contribution in [0.25, 0.3) is 0 Å². The summed E-state index contributed by atoms with van der Waals surface area (Å²) < 4.78 is 9.45. The van der Waals surface area contributed by atoms with Crippen LogP contribution >= 0.6 is 0 Å². The van der Waals surface area contributed by atoms with Gasteiger partial charge in [0.25, 0.3) is 0 Å². The summed E-state index contributed by atoms with van der Waals surface area (Å²) in [7, 11) is 0.802. The van der Waals surface area contributed by atoms with Crippen molar-refractivity contribution in [1.82, 2.24) is 0 Å². The Morgan fingerprint density at radius 3 is 2.50 bits per heavy atom. The maximum atomic E-state index is 9.45. The Labute approximate surface area is 37.4 Å². The van der Waals surface area contributed by atoms with Crippen molar-refractivity contribution in [3.8, 4) is 0 Å². The molecule has 0 heterocycles. The number of hydrogen-bond donors (Lipinski definition) is 1. The summed E-state index contributed by atoms with van der Waals surface area (Å²) in [5, 5.41) is 8.04. The van der Waals surface area contributed by atoms with Gasteiger partial charge in [0.05, 0.1) is 0 Å². The van der Waals surface area contributed by atoms with Crippen LogP contribution in [0.3, 0.4) is 0 Å². The summed E-state index contributed by atoms with van der Waals surface area (Å²) >= 11 is 0. The normalized spacial score (nSPS) is 7.50. The predicted molar refractivity (Wildman–Crippen MR) is 23.0 cm³/mol. The van der Waals surface area contributed by atoms with Crippen LogP contribution < -0.4 is 0 Å². The minimum atomic E-state index is 0.124. The van der Waals surface area contributed by atoms with E-state index in [4.69, 9.17) is 5.11 Å². The second kappa shape index (κ2) is 4.82. The van der Waals surface area contributed by atoms with Crippen LogP contribution in [0.15, 0.2) is 0 Å². The second-order valence-electron chi connectivity index (χ2n) is 1.03. The molecule has 34 valence electrons. The molecule has 0 amide bonds. The van der Waals surface area contributed by atoms with Crippen molar-refractivity contribution < 1.29 is 9.81 Å². The fourth-order valence-electron chi connectivity index (χ4n) is 0.175. The van der Waals surface area contributed by atoms with Gasteiger partial charge in [-0.05, 0) is 0 Å². The molecule has 0 saturated carbocycles. The fourth-order valence-corrected chi connectivity index (χ4v) is 0.175. The van der Waals surface area contributed by atoms with Crippen molar-refractivity contribution in [2.45, 2.75) is 12.7 Å². The van der Waals surface area contributed by atoms with E-state index in [-0.39, 0.29) is 6.61 Å². The number of aliphatic hydroxyl groups is 1. The average molecular weight is 85.9 g/mol. The zero-order valence-electron chi connectivity index (χ0n) is 3.55. The van der Waals surface area contributed by atoms with Gasteiger partial charge in [-0.1, -0.05) is 0 Å². The molecule has 0 fully saturated rings. The maximum absolute atomic E-state index is 9.45. The molecule has 0 aromatic carbocycles. The first-order valence-electron chi connectivity index (χ1n) is 1.96. The molecule has 0 atom stereocenters. The molecule has 0 unspecified atom stereocenters. The van der Waals surface area contributed by atoms with E-state index in [1.54, 1.807) is 0 Å². The third-order valence-electron chi connectivity index (χ3n) is 0.480. The Balaban J connectivity index is 2.49. The van der Waals surface area contributed by atoms with Crippen molar-refractivity contribution in [1.29, 1.82) is 0 Å². The van der Waals surface area contributed by atoms with Crippen LogP contribution in [0.2, 0.25) is 6.32 Å². The number of rotatable bonds is 3. The van der Waals surface area contributed by atoms with Gasteiger partial charge in [-0.15, -0.1) is 0 Å². The predicted octanol–water partition coefficient (Wildman–Crippen LogP) is -0.163. The molecule has 6 heavy (non-hydrogen) atoms. The van der Waals surface area contributed by atoms with Crippen LogP contribution in [0, 0.1) is 0 Å². The Morgan fingerprint density at radius 1 is 1.67 bits per heavy atom. The van der Waals surface area contributed by atoms with Gasteiger partial charge in [0.2, 0.25) is 0 Å². The van der Waals surface area contributed by atoms with Gasteiger partial charge in [-0.2, -0.15) is 0 Å². The van der Waals surface area contributed by atoms with Crippen LogP contribution in [0.4, 0.5) is 0 Å². The number of aliphatic hydroxyl groups excluding tert-OH is 1. The van der Waals surface area contributed by atoms with E-state index >= 15 is 0 Å². The van der Waals surface area contributed by atoms with E-state index in [1.165, 1.54) is 0 Å². The van der Waals surface area contributed by atoms with Crippen molar-refractivity contribution >= 4 is 7.15 Å². The molecule has 0 aliphatic rings. The number of hydrogen-bond acceptors (Lipinski definition) is 2. The molecule has 1 N–H and O–H groups in total. The van der Waals surface area contributed by atoms with Crippen molar-refractivity contribution in [2.75, 3.05) is 6.61 Å². The van der Waals surface area contributed by atoms with Gasteiger partial charge < -0.3 is 0 Å². The van der Waals surface area contributed by atoms with Gasteiger partial charge in [-0.25, -0.2) is 0 Å². The van der Waals surface area contributed by atoms with Crippen molar-refractivity contribution in [3.05, 3.63) is 0 Å². The summed E-state index contributed by atoms with van der Waals surface area (Å²) in [4.78, 5) is 0. The zero-order valence-corrected chi connectivity index (χ0v) is 3.55. The molecule has 0 aliphatic carbocycles. The molecular weight excluding hydrogens is 78.8 g/mol. The topological polar surface area (TPSA) is 37.3 Å². The first kappa shape index (κ1) is 5.82. The van der Waals surface area contributed by atoms with Crippen LogP contribution in [0.1, 0.15) is 6.42 Å². The summed E-state index contributed by atoms with van der Waals surface area (Å²) in [6, 6.07) is 0. The van der Waals surface area contributed by atoms with E-state index in [0.717, 1.165) is 7.15 Å². The molecule has 0 spiro atoms. The van der Waals surface area contributed by atoms with E-state index in [9.17, 15) is 4.70 Å². The van der Waals surface area contributed by atoms with Gasteiger partial charge in [0, 0.05) is 0 Å². The first-order valence-corrected chi connectivity index (χ1v) is 1.96. The van der Waals surface area contributed by atoms with E-state index in [2.05, 4.69) is 0 Å². The zero-order chi connectivity index (χ0) is 4.83. The minimum absolute atomic E-state index is 0.124. The Morgan fingerprint density at radius 2 is 2.33 bits per heavy atom. The van der Waals surface area contributed by atoms with Crippen molar-refractivity contribution in [2.24, 2.45) is 0 Å². The summed E-state index contributed by atoms with van der Waals surface area (Å²) in [5.41, 5.74) is 0. The molecule has 0 aromatic rings. The van der Waals surface area contributed by atoms with E-state index in [1.807, 2.05) is 0 Å². The summed E-state index contributed by atoms with van der Waals surface area (Å²) in [5.74, 6) is 0. The summed E-state index contributed by atoms with van der Waals surface area (Å²) in [6.45, 7) is 0.124. The van der Waals surface area contributed by atoms with Gasteiger partial charge in [-0.3, -0.25) is 0 Å². The molecule has 2 nitrogen and oxygen atoms in total. The third-order valence-corrected chi connectivity index (χ3v) is 0.480. The monoisotopic (exact) mass is 86.1 g/mol. The average Bonchev–Trinajstić information content (AvgIpc) is 1.61. The molecule has 0 aromatic heterocycles. The molecule has 0 saturated heterocycles. The van der Waals surface area contributed by atoms with E-state index in [0.29, 0.717) is 12.7 Å². The standard InChI is InChI=1S/C3H7BO2/c5-3-1-2-4-6/h5H,1-3H2. The molecular formula is C3H7BO2. The van der Waals surface area contributed by atoms with Gasteiger partial charge >= 0.3 is 36.3 Å². The third kappa shape index (κ3) is 3.82. The SMILES string of the molecule is O=BCCCO. The van der Waals surface area contributed by atoms with Crippen molar-refractivity contribution in [3.63, 3.8) is 0 Å². The second-order valence-corrected chi connectivity index (χ2v) is 1.03. The first-order chi connectivity index (χ1) is 2.91. The van der Waals surface area contributed by atoms with Crippen LogP contribution in [0.5, 0.6) is 0 Å². The molecule has 0 rings (SSSR count). The molecule has 0 bridgehead atoms. The fraction of sp³-hybridized carbons (Fsp3) is 1.00. The summed E-state index contributed by atoms with van der Waals surface area (Å²) in [6.07, 6.45) is 1.08. The van der Waals surface area contributed by atoms with Crippen LogP contribution in [-0.2, 0) is 4.70 Å². The Hall–Kier alpha value is -0.175. The molecule has 0 aliphatic heterocycles. The quantitative estimate of drug-likeness (QED) is 0.382. The molecule has 3 heteroatoms. The molecule has 0 radical (unpaired) electrons. The van der Waals surface area contributed by atoms with Crippen LogP contribution in [-0.4, -0.2) is 18.9 Å². The van der Waals surface area contributed by atoms with Gasteiger partial charge in [0.1, 0.15) is 0 Å². The Kier molecular flexibility index (Phi) is 4.68. The Bertz CT molecular complexity index is 37.8. The van der Waals surface area contributed by atoms with E-state index < -0.39 is 0 Å².